The monoisotopic (exact) mass is 257 g/mol. The van der Waals surface area contributed by atoms with Gasteiger partial charge in [0.05, 0.1) is 10.8 Å². The number of aliphatic hydroxyl groups excluding tert-OH is 1. The van der Waals surface area contributed by atoms with Crippen molar-refractivity contribution < 1.29 is 18.8 Å². The molecule has 0 radical (unpaired) electrons. The Morgan fingerprint density at radius 2 is 2.22 bits per heavy atom. The smallest absolute Gasteiger partial charge is 0.291 e. The van der Waals surface area contributed by atoms with Gasteiger partial charge in [0.15, 0.2) is 4.87 Å². The van der Waals surface area contributed by atoms with Crippen LogP contribution >= 0.6 is 0 Å². The zero-order chi connectivity index (χ0) is 13.3. The predicted octanol–water partition coefficient (Wildman–Crippen LogP) is 2.02. The first kappa shape index (κ1) is 12.9. The topological polar surface area (TPSA) is 66.3 Å². The Morgan fingerprint density at radius 3 is 2.83 bits per heavy atom. The summed E-state index contributed by atoms with van der Waals surface area (Å²) >= 11 is 0. The number of rotatable bonds is 3. The Morgan fingerprint density at radius 1 is 1.50 bits per heavy atom. The van der Waals surface area contributed by atoms with E-state index in [1.807, 2.05) is 0 Å². The molecule has 1 unspecified atom stereocenters. The number of benzene rings is 1. The van der Waals surface area contributed by atoms with E-state index in [2.05, 4.69) is 0 Å². The lowest BCUT2D eigenvalue weighted by Gasteiger charge is -2.30. The fraction of sp³-hybridized carbons (Fsp3) is 0.500. The third-order valence-corrected chi connectivity index (χ3v) is 3.42. The lowest BCUT2D eigenvalue weighted by Crippen LogP contribution is -2.33. The summed E-state index contributed by atoms with van der Waals surface area (Å²) in [6, 6.07) is 4.57. The molecule has 1 aromatic rings. The molecule has 0 spiro atoms. The molecule has 0 amide bonds. The van der Waals surface area contributed by atoms with Crippen LogP contribution in [-0.2, 0) is 6.42 Å². The van der Waals surface area contributed by atoms with Crippen molar-refractivity contribution in [2.75, 3.05) is 6.61 Å². The van der Waals surface area contributed by atoms with Crippen molar-refractivity contribution in [1.29, 1.82) is 0 Å². The molecule has 0 saturated carbocycles. The third-order valence-electron chi connectivity index (χ3n) is 3.42. The number of hydrazine groups is 1. The normalized spacial score (nSPS) is 19.4. The van der Waals surface area contributed by atoms with Gasteiger partial charge in [-0.1, -0.05) is 6.07 Å². The zero-order valence-corrected chi connectivity index (χ0v) is 9.77. The van der Waals surface area contributed by atoms with E-state index < -0.39 is 18.4 Å². The van der Waals surface area contributed by atoms with Crippen molar-refractivity contribution in [2.24, 2.45) is 5.84 Å². The quantitative estimate of drug-likeness (QED) is 0.494. The van der Waals surface area contributed by atoms with Crippen LogP contribution in [0.2, 0.25) is 0 Å². The van der Waals surface area contributed by atoms with Crippen LogP contribution in [0.1, 0.15) is 29.9 Å². The number of alkyl halides is 2. The van der Waals surface area contributed by atoms with E-state index in [0.29, 0.717) is 24.8 Å². The summed E-state index contributed by atoms with van der Waals surface area (Å²) in [5, 5.41) is 8.80. The number of hydrogen-bond donors (Lipinski definition) is 2. The molecule has 0 fully saturated rings. The minimum Gasteiger partial charge on any atom is -0.390 e. The molecular weight excluding hydrogens is 242 g/mol. The van der Waals surface area contributed by atoms with E-state index in [1.54, 1.807) is 6.07 Å². The van der Waals surface area contributed by atoms with Gasteiger partial charge in [-0.15, -0.1) is 0 Å². The number of nitroso groups, excluding NO2 is 1. The van der Waals surface area contributed by atoms with E-state index in [4.69, 9.17) is 10.9 Å². The SMILES string of the molecule is N[N+](=O)c1ccc2c(c1)C(C(F)(F)CO)CCC2. The minimum atomic E-state index is -3.17. The standard InChI is InChI=1S/C12H15F2N2O2/c13-12(14,7-17)11-3-1-2-8-4-5-9(16(15)18)6-10(8)11/h4-6,11,17H,1-3,7H2,(H2,15,18)/q+1. The average Bonchev–Trinajstić information content (AvgIpc) is 2.37. The Hall–Kier alpha value is -1.56. The van der Waals surface area contributed by atoms with E-state index >= 15 is 0 Å². The molecule has 0 heterocycles. The first-order valence-corrected chi connectivity index (χ1v) is 5.79. The van der Waals surface area contributed by atoms with Crippen LogP contribution in [0, 0.1) is 4.91 Å². The fourth-order valence-corrected chi connectivity index (χ4v) is 2.47. The summed E-state index contributed by atoms with van der Waals surface area (Å²) in [5.41, 5.74) is 1.36. The summed E-state index contributed by atoms with van der Waals surface area (Å²) in [7, 11) is 0. The van der Waals surface area contributed by atoms with Gasteiger partial charge in [-0.2, -0.15) is 5.84 Å². The van der Waals surface area contributed by atoms with E-state index in [9.17, 15) is 13.7 Å². The molecule has 1 aromatic carbocycles. The summed E-state index contributed by atoms with van der Waals surface area (Å²) in [5.74, 6) is 0.854. The molecule has 6 heteroatoms. The van der Waals surface area contributed by atoms with Crippen molar-refractivity contribution in [2.45, 2.75) is 31.1 Å². The number of hydrogen-bond acceptors (Lipinski definition) is 2. The van der Waals surface area contributed by atoms with Crippen LogP contribution in [0.5, 0.6) is 0 Å². The lowest BCUT2D eigenvalue weighted by molar-refractivity contribution is -0.474. The second-order valence-electron chi connectivity index (χ2n) is 4.57. The van der Waals surface area contributed by atoms with Crippen molar-refractivity contribution in [3.05, 3.63) is 34.2 Å². The largest absolute Gasteiger partial charge is 0.390 e. The summed E-state index contributed by atoms with van der Waals surface area (Å²) in [4.78, 5) is 11.2. The molecule has 18 heavy (non-hydrogen) atoms. The van der Waals surface area contributed by atoms with Crippen LogP contribution in [-0.4, -0.2) is 22.5 Å². The van der Waals surface area contributed by atoms with Crippen LogP contribution in [0.3, 0.4) is 0 Å². The maximum Gasteiger partial charge on any atom is 0.291 e. The highest BCUT2D eigenvalue weighted by molar-refractivity contribution is 5.43. The van der Waals surface area contributed by atoms with Crippen LogP contribution in [0.15, 0.2) is 18.2 Å². The molecule has 0 aromatic heterocycles. The van der Waals surface area contributed by atoms with Crippen LogP contribution in [0.25, 0.3) is 0 Å². The van der Waals surface area contributed by atoms with Crippen LogP contribution < -0.4 is 5.84 Å². The third kappa shape index (κ3) is 2.20. The molecule has 0 bridgehead atoms. The van der Waals surface area contributed by atoms with Crippen molar-refractivity contribution in [3.8, 4) is 0 Å². The van der Waals surface area contributed by atoms with Crippen LogP contribution in [0.4, 0.5) is 14.5 Å². The summed E-state index contributed by atoms with van der Waals surface area (Å²) in [6.45, 7) is -1.19. The average molecular weight is 257 g/mol. The van der Waals surface area contributed by atoms with E-state index in [-0.39, 0.29) is 10.6 Å². The Labute approximate surface area is 103 Å². The molecule has 0 aliphatic heterocycles. The minimum absolute atomic E-state index is 0.148. The van der Waals surface area contributed by atoms with Crippen molar-refractivity contribution in [3.63, 3.8) is 0 Å². The number of aliphatic hydroxyl groups is 1. The number of aryl methyl sites for hydroxylation is 1. The van der Waals surface area contributed by atoms with E-state index in [0.717, 1.165) is 5.56 Å². The second-order valence-corrected chi connectivity index (χ2v) is 4.57. The first-order chi connectivity index (χ1) is 8.45. The predicted molar refractivity (Wildman–Crippen MR) is 61.6 cm³/mol. The lowest BCUT2D eigenvalue weighted by atomic mass is 9.79. The van der Waals surface area contributed by atoms with Gasteiger partial charge in [-0.25, -0.2) is 8.78 Å². The Bertz CT molecular complexity index is 477. The summed E-state index contributed by atoms with van der Waals surface area (Å²) in [6.07, 6.45) is 1.65. The molecule has 3 N–H and O–H groups in total. The molecule has 0 saturated heterocycles. The number of nitrogens with zero attached hydrogens (tertiary/aromatic N) is 1. The molecule has 1 aliphatic carbocycles. The fourth-order valence-electron chi connectivity index (χ4n) is 2.47. The van der Waals surface area contributed by atoms with Gasteiger partial charge >= 0.3 is 0 Å². The second kappa shape index (κ2) is 4.61. The summed E-state index contributed by atoms with van der Waals surface area (Å²) < 4.78 is 27.4. The highest BCUT2D eigenvalue weighted by Gasteiger charge is 2.42. The van der Waals surface area contributed by atoms with Crippen molar-refractivity contribution >= 4 is 5.69 Å². The molecule has 98 valence electrons. The van der Waals surface area contributed by atoms with E-state index in [1.165, 1.54) is 12.1 Å². The van der Waals surface area contributed by atoms with Gasteiger partial charge in [0.25, 0.3) is 11.6 Å². The van der Waals surface area contributed by atoms with Gasteiger partial charge in [-0.05, 0) is 30.4 Å². The highest BCUT2D eigenvalue weighted by atomic mass is 19.3. The Kier molecular flexibility index (Phi) is 3.30. The molecular formula is C12H15F2N2O2+. The van der Waals surface area contributed by atoms with Gasteiger partial charge < -0.3 is 5.11 Å². The highest BCUT2D eigenvalue weighted by Crippen LogP contribution is 2.42. The Balaban J connectivity index is 2.47. The maximum atomic E-state index is 13.7. The van der Waals surface area contributed by atoms with Gasteiger partial charge in [0.1, 0.15) is 6.61 Å². The maximum absolute atomic E-state index is 13.7. The first-order valence-electron chi connectivity index (χ1n) is 5.79. The number of nitrogens with two attached hydrogens (primary N) is 1. The molecule has 1 atom stereocenters. The zero-order valence-electron chi connectivity index (χ0n) is 9.77. The van der Waals surface area contributed by atoms with Gasteiger partial charge in [0.2, 0.25) is 0 Å². The van der Waals surface area contributed by atoms with Crippen molar-refractivity contribution in [1.82, 2.24) is 0 Å². The van der Waals surface area contributed by atoms with Gasteiger partial charge in [-0.3, -0.25) is 0 Å². The molecule has 1 aliphatic rings. The molecule has 2 rings (SSSR count). The number of halogens is 2. The van der Waals surface area contributed by atoms with Gasteiger partial charge in [0, 0.05) is 12.1 Å². The number of fused-ring (bicyclic) bond motifs is 1. The molecule has 4 nitrogen and oxygen atoms in total.